The van der Waals surface area contributed by atoms with E-state index in [1.807, 2.05) is 6.92 Å². The molecule has 118 valence electrons. The van der Waals surface area contributed by atoms with Crippen LogP contribution >= 0.6 is 0 Å². The fraction of sp³-hybridized carbons (Fsp3) is 1.00. The molecule has 0 saturated carbocycles. The molecule has 2 saturated heterocycles. The molecule has 7 heteroatoms. The average molecular weight is 305 g/mol. The van der Waals surface area contributed by atoms with Crippen LogP contribution in [-0.4, -0.2) is 69.5 Å². The maximum Gasteiger partial charge on any atom is 0.282 e. The van der Waals surface area contributed by atoms with Gasteiger partial charge in [-0.05, 0) is 38.3 Å². The number of nitrogens with zero attached hydrogens (tertiary/aromatic N) is 2. The van der Waals surface area contributed by atoms with Crippen LogP contribution in [0.15, 0.2) is 0 Å². The van der Waals surface area contributed by atoms with Crippen molar-refractivity contribution in [2.75, 3.05) is 52.5 Å². The molecule has 20 heavy (non-hydrogen) atoms. The van der Waals surface area contributed by atoms with E-state index in [9.17, 15) is 8.42 Å². The van der Waals surface area contributed by atoms with Gasteiger partial charge in [-0.25, -0.2) is 0 Å². The molecule has 1 unspecified atom stereocenters. The first kappa shape index (κ1) is 16.2. The second-order valence-electron chi connectivity index (χ2n) is 5.59. The van der Waals surface area contributed by atoms with Crippen LogP contribution in [0, 0.1) is 5.92 Å². The van der Waals surface area contributed by atoms with E-state index in [1.54, 1.807) is 8.61 Å². The van der Waals surface area contributed by atoms with Gasteiger partial charge < -0.3 is 10.1 Å². The van der Waals surface area contributed by atoms with E-state index in [-0.39, 0.29) is 0 Å². The number of piperidine rings is 1. The molecule has 2 aliphatic rings. The molecule has 2 aliphatic heterocycles. The van der Waals surface area contributed by atoms with Gasteiger partial charge in [0.15, 0.2) is 0 Å². The fourth-order valence-electron chi connectivity index (χ4n) is 2.86. The molecule has 2 fully saturated rings. The predicted octanol–water partition coefficient (Wildman–Crippen LogP) is 0.275. The van der Waals surface area contributed by atoms with Gasteiger partial charge in [0, 0.05) is 26.2 Å². The molecule has 2 heterocycles. The van der Waals surface area contributed by atoms with Gasteiger partial charge in [-0.15, -0.1) is 0 Å². The van der Waals surface area contributed by atoms with Crippen LogP contribution in [0.4, 0.5) is 0 Å². The first-order valence-electron chi connectivity index (χ1n) is 7.68. The highest BCUT2D eigenvalue weighted by Crippen LogP contribution is 2.17. The third-order valence-corrected chi connectivity index (χ3v) is 5.96. The first-order valence-corrected chi connectivity index (χ1v) is 9.08. The van der Waals surface area contributed by atoms with Gasteiger partial charge in [-0.1, -0.05) is 6.92 Å². The summed E-state index contributed by atoms with van der Waals surface area (Å²) in [5.74, 6) is 0.436. The van der Waals surface area contributed by atoms with Gasteiger partial charge >= 0.3 is 0 Å². The van der Waals surface area contributed by atoms with Crippen LogP contribution in [0.1, 0.15) is 26.2 Å². The lowest BCUT2D eigenvalue weighted by Crippen LogP contribution is -2.51. The van der Waals surface area contributed by atoms with Crippen molar-refractivity contribution in [2.45, 2.75) is 26.2 Å². The molecule has 0 aliphatic carbocycles. The highest BCUT2D eigenvalue weighted by atomic mass is 32.2. The third-order valence-electron chi connectivity index (χ3n) is 3.96. The van der Waals surface area contributed by atoms with E-state index >= 15 is 0 Å². The van der Waals surface area contributed by atoms with Crippen LogP contribution in [0.25, 0.3) is 0 Å². The summed E-state index contributed by atoms with van der Waals surface area (Å²) in [5.41, 5.74) is 0. The Bertz CT molecular complexity index is 376. The Morgan fingerprint density at radius 1 is 1.35 bits per heavy atom. The van der Waals surface area contributed by atoms with Crippen LogP contribution in [0.2, 0.25) is 0 Å². The summed E-state index contributed by atoms with van der Waals surface area (Å²) < 4.78 is 33.9. The van der Waals surface area contributed by atoms with Crippen molar-refractivity contribution in [2.24, 2.45) is 5.92 Å². The number of hydrogen-bond donors (Lipinski definition) is 1. The second kappa shape index (κ2) is 7.70. The topological polar surface area (TPSA) is 61.9 Å². The number of rotatable bonds is 6. The Hall–Kier alpha value is -0.210. The molecule has 2 rings (SSSR count). The Kier molecular flexibility index (Phi) is 6.22. The highest BCUT2D eigenvalue weighted by Gasteiger charge is 2.32. The maximum absolute atomic E-state index is 12.7. The van der Waals surface area contributed by atoms with E-state index in [1.165, 1.54) is 0 Å². The van der Waals surface area contributed by atoms with E-state index in [4.69, 9.17) is 4.74 Å². The number of ether oxygens (including phenoxy) is 1. The minimum Gasteiger partial charge on any atom is -0.379 e. The Morgan fingerprint density at radius 2 is 2.10 bits per heavy atom. The summed E-state index contributed by atoms with van der Waals surface area (Å²) in [5, 5.41) is 3.36. The minimum absolute atomic E-state index is 0.436. The van der Waals surface area contributed by atoms with E-state index in [2.05, 4.69) is 5.32 Å². The number of nitrogens with one attached hydrogen (secondary N) is 1. The van der Waals surface area contributed by atoms with E-state index < -0.39 is 10.2 Å². The predicted molar refractivity (Wildman–Crippen MR) is 78.8 cm³/mol. The highest BCUT2D eigenvalue weighted by molar-refractivity contribution is 7.86. The molecule has 0 spiro atoms. The lowest BCUT2D eigenvalue weighted by Gasteiger charge is -2.34. The van der Waals surface area contributed by atoms with Crippen molar-refractivity contribution in [3.05, 3.63) is 0 Å². The van der Waals surface area contributed by atoms with Gasteiger partial charge in [-0.2, -0.15) is 17.0 Å². The molecular weight excluding hydrogens is 278 g/mol. The zero-order valence-corrected chi connectivity index (χ0v) is 13.2. The van der Waals surface area contributed by atoms with Crippen molar-refractivity contribution in [3.63, 3.8) is 0 Å². The maximum atomic E-state index is 12.7. The summed E-state index contributed by atoms with van der Waals surface area (Å²) in [4.78, 5) is 0. The zero-order valence-electron chi connectivity index (χ0n) is 12.4. The van der Waals surface area contributed by atoms with Gasteiger partial charge in [0.25, 0.3) is 10.2 Å². The Labute approximate surface area is 122 Å². The Morgan fingerprint density at radius 3 is 2.70 bits per heavy atom. The molecule has 0 aromatic carbocycles. The summed E-state index contributed by atoms with van der Waals surface area (Å²) in [7, 11) is -3.33. The molecule has 0 aromatic heterocycles. The molecule has 6 nitrogen and oxygen atoms in total. The summed E-state index contributed by atoms with van der Waals surface area (Å²) in [6.07, 6.45) is 3.11. The molecule has 0 bridgehead atoms. The lowest BCUT2D eigenvalue weighted by molar-refractivity contribution is 0.0697. The first-order chi connectivity index (χ1) is 9.64. The van der Waals surface area contributed by atoms with Crippen molar-refractivity contribution >= 4 is 10.2 Å². The Balaban J connectivity index is 2.01. The lowest BCUT2D eigenvalue weighted by atomic mass is 10.00. The number of hydrogen-bond acceptors (Lipinski definition) is 4. The summed E-state index contributed by atoms with van der Waals surface area (Å²) in [6, 6.07) is 0. The second-order valence-corrected chi connectivity index (χ2v) is 7.52. The molecule has 1 atom stereocenters. The van der Waals surface area contributed by atoms with Gasteiger partial charge in [0.1, 0.15) is 0 Å². The van der Waals surface area contributed by atoms with Gasteiger partial charge in [0.2, 0.25) is 0 Å². The molecular formula is C13H27N3O3S. The smallest absolute Gasteiger partial charge is 0.282 e. The van der Waals surface area contributed by atoms with E-state index in [0.717, 1.165) is 32.4 Å². The van der Waals surface area contributed by atoms with Crippen LogP contribution in [0.5, 0.6) is 0 Å². The summed E-state index contributed by atoms with van der Waals surface area (Å²) >= 11 is 0. The average Bonchev–Trinajstić information content (AvgIpc) is 2.49. The van der Waals surface area contributed by atoms with Crippen LogP contribution in [0.3, 0.4) is 0 Å². The molecule has 1 N–H and O–H groups in total. The quantitative estimate of drug-likeness (QED) is 0.765. The van der Waals surface area contributed by atoms with Crippen molar-refractivity contribution in [1.82, 2.24) is 13.9 Å². The SMILES string of the molecule is CCCN(CC1CCCNC1)S(=O)(=O)N1CCOCC1. The molecule has 0 radical (unpaired) electrons. The third kappa shape index (κ3) is 4.14. The van der Waals surface area contributed by atoms with E-state index in [0.29, 0.717) is 45.3 Å². The summed E-state index contributed by atoms with van der Waals surface area (Å²) in [6.45, 7) is 7.22. The fourth-order valence-corrected chi connectivity index (χ4v) is 4.61. The monoisotopic (exact) mass is 305 g/mol. The van der Waals surface area contributed by atoms with Crippen molar-refractivity contribution in [1.29, 1.82) is 0 Å². The van der Waals surface area contributed by atoms with Gasteiger partial charge in [-0.3, -0.25) is 0 Å². The van der Waals surface area contributed by atoms with Crippen LogP contribution in [-0.2, 0) is 14.9 Å². The normalized spacial score (nSPS) is 26.0. The van der Waals surface area contributed by atoms with Crippen molar-refractivity contribution in [3.8, 4) is 0 Å². The number of morpholine rings is 1. The van der Waals surface area contributed by atoms with Crippen LogP contribution < -0.4 is 5.32 Å². The van der Waals surface area contributed by atoms with Gasteiger partial charge in [0.05, 0.1) is 13.2 Å². The molecule has 0 amide bonds. The largest absolute Gasteiger partial charge is 0.379 e. The molecule has 0 aromatic rings. The van der Waals surface area contributed by atoms with Crippen molar-refractivity contribution < 1.29 is 13.2 Å². The zero-order chi connectivity index (χ0) is 14.4. The standard InChI is InChI=1S/C13H27N3O3S/c1-2-6-16(12-13-4-3-5-14-11-13)20(17,18)15-7-9-19-10-8-15/h13-14H,2-12H2,1H3. The minimum atomic E-state index is -3.33.